The topological polar surface area (TPSA) is 76.7 Å². The first kappa shape index (κ1) is 22.8. The highest BCUT2D eigenvalue weighted by Crippen LogP contribution is 2.46. The third-order valence-electron chi connectivity index (χ3n) is 7.66. The van der Waals surface area contributed by atoms with E-state index in [2.05, 4.69) is 22.8 Å². The molecule has 7 rings (SSSR count). The van der Waals surface area contributed by atoms with Crippen LogP contribution in [-0.4, -0.2) is 25.2 Å². The highest BCUT2D eigenvalue weighted by atomic mass is 16.5. The van der Waals surface area contributed by atoms with Gasteiger partial charge in [0.25, 0.3) is 0 Å². The molecule has 4 bridgehead atoms. The van der Waals surface area contributed by atoms with Gasteiger partial charge in [0.2, 0.25) is 0 Å². The summed E-state index contributed by atoms with van der Waals surface area (Å²) in [5.41, 5.74) is 5.53. The van der Waals surface area contributed by atoms with Crippen LogP contribution in [0.5, 0.6) is 0 Å². The van der Waals surface area contributed by atoms with Crippen LogP contribution in [0.2, 0.25) is 0 Å². The zero-order valence-electron chi connectivity index (χ0n) is 20.1. The first-order valence-corrected chi connectivity index (χ1v) is 12.7. The second kappa shape index (κ2) is 9.69. The minimum absolute atomic E-state index is 0.127. The van der Waals surface area contributed by atoms with E-state index >= 15 is 0 Å². The number of nitrogens with one attached hydrogen (secondary N) is 2. The van der Waals surface area contributed by atoms with Gasteiger partial charge in [-0.1, -0.05) is 12.2 Å². The van der Waals surface area contributed by atoms with Crippen molar-refractivity contribution in [3.05, 3.63) is 59.0 Å². The molecule has 0 saturated heterocycles. The lowest BCUT2D eigenvalue weighted by atomic mass is 9.69. The van der Waals surface area contributed by atoms with Gasteiger partial charge in [0, 0.05) is 34.6 Å². The fraction of sp³-hybridized carbons (Fsp3) is 0.500. The number of rotatable bonds is 8. The smallest absolute Gasteiger partial charge is 0.336 e. The molecule has 0 heterocycles. The predicted octanol–water partition coefficient (Wildman–Crippen LogP) is 5.56. The van der Waals surface area contributed by atoms with Gasteiger partial charge in [0.15, 0.2) is 0 Å². The molecule has 6 heteroatoms. The van der Waals surface area contributed by atoms with Crippen molar-refractivity contribution in [2.75, 3.05) is 23.8 Å². The van der Waals surface area contributed by atoms with E-state index in [0.717, 1.165) is 72.4 Å². The van der Waals surface area contributed by atoms with Crippen LogP contribution >= 0.6 is 0 Å². The first-order chi connectivity index (χ1) is 16.6. The molecular formula is C28H34N2O4. The van der Waals surface area contributed by atoms with Crippen molar-refractivity contribution in [3.8, 4) is 0 Å². The second-order valence-electron chi connectivity index (χ2n) is 9.65. The van der Waals surface area contributed by atoms with Gasteiger partial charge in [0.05, 0.1) is 24.4 Å². The van der Waals surface area contributed by atoms with Crippen LogP contribution in [0.3, 0.4) is 0 Å². The maximum atomic E-state index is 12.7. The zero-order valence-corrected chi connectivity index (χ0v) is 20.1. The third-order valence-corrected chi connectivity index (χ3v) is 7.66. The van der Waals surface area contributed by atoms with Crippen molar-refractivity contribution in [2.24, 2.45) is 23.7 Å². The number of hydrogen-bond donors (Lipinski definition) is 2. The molecule has 34 heavy (non-hydrogen) atoms. The molecule has 0 spiro atoms. The second-order valence-corrected chi connectivity index (χ2v) is 9.65. The molecule has 2 atom stereocenters. The number of carbonyl (C=O) groups is 2. The minimum atomic E-state index is -0.215. The summed E-state index contributed by atoms with van der Waals surface area (Å²) in [4.78, 5) is 25.3. The fourth-order valence-electron chi connectivity index (χ4n) is 6.04. The summed E-state index contributed by atoms with van der Waals surface area (Å²) in [6, 6.07) is 8.11. The average Bonchev–Trinajstić information content (AvgIpc) is 2.87. The van der Waals surface area contributed by atoms with Crippen LogP contribution in [0, 0.1) is 23.7 Å². The normalized spacial score (nSPS) is 27.1. The van der Waals surface area contributed by atoms with Crippen LogP contribution < -0.4 is 10.6 Å². The Hall–Kier alpha value is -3.02. The molecule has 1 aromatic carbocycles. The molecule has 1 saturated carbocycles. The maximum absolute atomic E-state index is 12.7. The quantitative estimate of drug-likeness (QED) is 0.389. The summed E-state index contributed by atoms with van der Waals surface area (Å²) in [5, 5.41) is 7.07. The van der Waals surface area contributed by atoms with Gasteiger partial charge in [-0.2, -0.15) is 0 Å². The van der Waals surface area contributed by atoms with Gasteiger partial charge >= 0.3 is 11.9 Å². The van der Waals surface area contributed by atoms with Crippen molar-refractivity contribution in [2.45, 2.75) is 52.4 Å². The standard InChI is InChI=1S/C28H34N2O4/c1-3-33-27(31)23-17-5-9-19(10-6-17)25(23)29-21-13-15-22(16-14-21)30-26-20-11-7-18(8-12-20)24(26)28(32)34-4-2/h5,9,13-20,29-30H,3-4,6-8,10-12H2,1-2H3. The molecule has 0 aromatic heterocycles. The summed E-state index contributed by atoms with van der Waals surface area (Å²) >= 11 is 0. The van der Waals surface area contributed by atoms with Gasteiger partial charge in [-0.05, 0) is 88.5 Å². The highest BCUT2D eigenvalue weighted by molar-refractivity contribution is 5.92. The van der Waals surface area contributed by atoms with Crippen molar-refractivity contribution in [3.63, 3.8) is 0 Å². The van der Waals surface area contributed by atoms with E-state index < -0.39 is 0 Å². The van der Waals surface area contributed by atoms with Crippen molar-refractivity contribution in [1.82, 2.24) is 0 Å². The van der Waals surface area contributed by atoms with Crippen LogP contribution in [0.25, 0.3) is 0 Å². The minimum Gasteiger partial charge on any atom is -0.463 e. The Bertz CT molecular complexity index is 996. The summed E-state index contributed by atoms with van der Waals surface area (Å²) in [6.07, 6.45) is 10.8. The van der Waals surface area contributed by atoms with Gasteiger partial charge in [-0.25, -0.2) is 9.59 Å². The van der Waals surface area contributed by atoms with E-state index in [-0.39, 0.29) is 23.8 Å². The van der Waals surface area contributed by atoms with Crippen molar-refractivity contribution >= 4 is 23.3 Å². The van der Waals surface area contributed by atoms with E-state index in [9.17, 15) is 9.59 Å². The Morgan fingerprint density at radius 3 is 1.76 bits per heavy atom. The molecule has 6 nitrogen and oxygen atoms in total. The summed E-state index contributed by atoms with van der Waals surface area (Å²) < 4.78 is 10.7. The van der Waals surface area contributed by atoms with E-state index in [1.165, 1.54) is 0 Å². The first-order valence-electron chi connectivity index (χ1n) is 12.7. The lowest BCUT2D eigenvalue weighted by molar-refractivity contribution is -0.140. The van der Waals surface area contributed by atoms with Gasteiger partial charge in [0.1, 0.15) is 0 Å². The lowest BCUT2D eigenvalue weighted by Gasteiger charge is -2.39. The molecule has 2 unspecified atom stereocenters. The SMILES string of the molecule is CCOC(=O)C1=C(Nc2ccc(NC3=C(C(=O)OCC)C4CCC3CC4)cc2)C2C=CC1CC2. The Kier molecular flexibility index (Phi) is 6.48. The molecule has 1 fully saturated rings. The molecule has 6 aliphatic carbocycles. The maximum Gasteiger partial charge on any atom is 0.336 e. The summed E-state index contributed by atoms with van der Waals surface area (Å²) in [5.74, 6) is 0.656. The molecule has 0 amide bonds. The van der Waals surface area contributed by atoms with Crippen LogP contribution in [0.1, 0.15) is 52.4 Å². The summed E-state index contributed by atoms with van der Waals surface area (Å²) in [7, 11) is 0. The molecule has 2 N–H and O–H groups in total. The number of anilines is 2. The van der Waals surface area contributed by atoms with Crippen molar-refractivity contribution in [1.29, 1.82) is 0 Å². The molecule has 1 aromatic rings. The number of ether oxygens (including phenoxy) is 2. The lowest BCUT2D eigenvalue weighted by Crippen LogP contribution is -2.34. The monoisotopic (exact) mass is 462 g/mol. The Labute approximate surface area is 201 Å². The molecule has 6 aliphatic rings. The number of esters is 2. The Morgan fingerprint density at radius 2 is 1.21 bits per heavy atom. The van der Waals surface area contributed by atoms with E-state index in [1.54, 1.807) is 0 Å². The molecule has 0 radical (unpaired) electrons. The Morgan fingerprint density at radius 1 is 0.706 bits per heavy atom. The summed E-state index contributed by atoms with van der Waals surface area (Å²) in [6.45, 7) is 4.47. The molecule has 0 aliphatic heterocycles. The number of fused-ring (bicyclic) bond motifs is 3. The number of benzene rings is 1. The van der Waals surface area contributed by atoms with Crippen molar-refractivity contribution < 1.29 is 19.1 Å². The van der Waals surface area contributed by atoms with Crippen LogP contribution in [0.4, 0.5) is 11.4 Å². The zero-order chi connectivity index (χ0) is 23.7. The highest BCUT2D eigenvalue weighted by Gasteiger charge is 2.39. The average molecular weight is 463 g/mol. The third kappa shape index (κ3) is 4.26. The van der Waals surface area contributed by atoms with Crippen LogP contribution in [-0.2, 0) is 19.1 Å². The van der Waals surface area contributed by atoms with E-state index in [1.807, 2.05) is 38.1 Å². The number of carbonyl (C=O) groups excluding carboxylic acids is 2. The number of allylic oxidation sites excluding steroid dienone is 3. The predicted molar refractivity (Wildman–Crippen MR) is 132 cm³/mol. The molecular weight excluding hydrogens is 428 g/mol. The number of hydrogen-bond acceptors (Lipinski definition) is 6. The van der Waals surface area contributed by atoms with Gasteiger partial charge < -0.3 is 20.1 Å². The van der Waals surface area contributed by atoms with E-state index in [0.29, 0.717) is 25.0 Å². The van der Waals surface area contributed by atoms with E-state index in [4.69, 9.17) is 9.47 Å². The fourth-order valence-corrected chi connectivity index (χ4v) is 6.04. The Balaban J connectivity index is 1.36. The largest absolute Gasteiger partial charge is 0.463 e. The van der Waals surface area contributed by atoms with Crippen LogP contribution in [0.15, 0.2) is 59.0 Å². The molecule has 180 valence electrons. The van der Waals surface area contributed by atoms with Gasteiger partial charge in [-0.15, -0.1) is 0 Å². The van der Waals surface area contributed by atoms with Gasteiger partial charge in [-0.3, -0.25) is 0 Å².